The van der Waals surface area contributed by atoms with Gasteiger partial charge in [-0.25, -0.2) is 4.79 Å². The standard InChI is InChI=1S/C36H41N5O5/c1-3-23(2)31(40-35(45)46-22-25-14-8-5-9-15-25)33(43)41-36(19-18-29-27(21-36)26-16-10-11-17-28(26)38-29)34(44)39-30(32(37)42)20-24-12-6-4-7-13-24/h4-17,23,30-31,38H,3,18-22H2,1-2H3,(H2,37,42)(H,39,44)(H,40,45)(H,41,43)/t23-,30-,31-,36+/m0/s1. The topological polar surface area (TPSA) is 155 Å². The van der Waals surface area contributed by atoms with Gasteiger partial charge in [-0.15, -0.1) is 0 Å². The highest BCUT2D eigenvalue weighted by Crippen LogP contribution is 2.34. The van der Waals surface area contributed by atoms with Gasteiger partial charge >= 0.3 is 6.09 Å². The summed E-state index contributed by atoms with van der Waals surface area (Å²) in [5.74, 6) is -1.97. The van der Waals surface area contributed by atoms with Crippen LogP contribution in [0.5, 0.6) is 0 Å². The van der Waals surface area contributed by atoms with Crippen molar-refractivity contribution in [3.05, 3.63) is 107 Å². The number of primary amides is 1. The van der Waals surface area contributed by atoms with Gasteiger partial charge in [0, 0.05) is 29.4 Å². The first-order chi connectivity index (χ1) is 22.2. The van der Waals surface area contributed by atoms with Crippen LogP contribution in [0.15, 0.2) is 84.9 Å². The summed E-state index contributed by atoms with van der Waals surface area (Å²) in [5.41, 5.74) is 8.86. The maximum Gasteiger partial charge on any atom is 0.408 e. The normalized spacial score (nSPS) is 17.6. The predicted octanol–water partition coefficient (Wildman–Crippen LogP) is 4.07. The summed E-state index contributed by atoms with van der Waals surface area (Å²) in [4.78, 5) is 57.3. The number of aryl methyl sites for hydroxylation is 1. The lowest BCUT2D eigenvalue weighted by Crippen LogP contribution is -2.66. The highest BCUT2D eigenvalue weighted by Gasteiger charge is 2.46. The number of amides is 4. The molecule has 1 heterocycles. The molecule has 6 N–H and O–H groups in total. The van der Waals surface area contributed by atoms with Crippen LogP contribution in [-0.2, 0) is 45.0 Å². The molecule has 4 atom stereocenters. The van der Waals surface area contributed by atoms with Crippen molar-refractivity contribution < 1.29 is 23.9 Å². The monoisotopic (exact) mass is 623 g/mol. The Morgan fingerprint density at radius 2 is 1.57 bits per heavy atom. The Balaban J connectivity index is 1.41. The van der Waals surface area contributed by atoms with Crippen LogP contribution in [0.25, 0.3) is 10.9 Å². The van der Waals surface area contributed by atoms with Crippen molar-refractivity contribution in [1.29, 1.82) is 0 Å². The largest absolute Gasteiger partial charge is 0.445 e. The van der Waals surface area contributed by atoms with Gasteiger partial charge in [0.15, 0.2) is 0 Å². The molecule has 0 bridgehead atoms. The molecule has 10 heteroatoms. The van der Waals surface area contributed by atoms with Gasteiger partial charge in [0.05, 0.1) is 0 Å². The Hall–Kier alpha value is -5.12. The van der Waals surface area contributed by atoms with E-state index in [1.165, 1.54) is 0 Å². The zero-order valence-corrected chi connectivity index (χ0v) is 26.2. The van der Waals surface area contributed by atoms with E-state index >= 15 is 0 Å². The fourth-order valence-corrected chi connectivity index (χ4v) is 6.03. The summed E-state index contributed by atoms with van der Waals surface area (Å²) in [7, 11) is 0. The third kappa shape index (κ3) is 7.39. The van der Waals surface area contributed by atoms with Gasteiger partial charge in [-0.2, -0.15) is 0 Å². The van der Waals surface area contributed by atoms with Crippen molar-refractivity contribution in [1.82, 2.24) is 20.9 Å². The third-order valence-electron chi connectivity index (χ3n) is 8.89. The van der Waals surface area contributed by atoms with Crippen LogP contribution < -0.4 is 21.7 Å². The van der Waals surface area contributed by atoms with E-state index in [9.17, 15) is 19.2 Å². The first-order valence-electron chi connectivity index (χ1n) is 15.7. The second-order valence-corrected chi connectivity index (χ2v) is 12.1. The first kappa shape index (κ1) is 32.3. The van der Waals surface area contributed by atoms with E-state index in [0.29, 0.717) is 12.8 Å². The molecule has 0 saturated carbocycles. The number of hydrogen-bond donors (Lipinski definition) is 5. The Labute approximate surface area is 268 Å². The molecular formula is C36H41N5O5. The number of carbonyl (C=O) groups excluding carboxylic acids is 4. The first-order valence-corrected chi connectivity index (χ1v) is 15.7. The highest BCUT2D eigenvalue weighted by atomic mass is 16.5. The Bertz CT molecular complexity index is 1690. The fraction of sp³-hybridized carbons (Fsp3) is 0.333. The number of nitrogens with two attached hydrogens (primary N) is 1. The Morgan fingerprint density at radius 1 is 0.913 bits per heavy atom. The molecule has 240 valence electrons. The molecule has 0 saturated heterocycles. The molecule has 1 aliphatic carbocycles. The van der Waals surface area contributed by atoms with E-state index in [1.807, 2.05) is 98.8 Å². The van der Waals surface area contributed by atoms with Crippen LogP contribution in [0.2, 0.25) is 0 Å². The van der Waals surface area contributed by atoms with Crippen LogP contribution in [-0.4, -0.2) is 46.4 Å². The van der Waals surface area contributed by atoms with Gasteiger partial charge in [-0.05, 0) is 41.5 Å². The average Bonchev–Trinajstić information content (AvgIpc) is 3.44. The lowest BCUT2D eigenvalue weighted by molar-refractivity contribution is -0.137. The fourth-order valence-electron chi connectivity index (χ4n) is 6.03. The molecule has 5 rings (SSSR count). The molecule has 0 fully saturated rings. The molecule has 0 spiro atoms. The van der Waals surface area contributed by atoms with Crippen molar-refractivity contribution in [2.75, 3.05) is 0 Å². The zero-order valence-electron chi connectivity index (χ0n) is 26.2. The lowest BCUT2D eigenvalue weighted by Gasteiger charge is -2.39. The van der Waals surface area contributed by atoms with Crippen LogP contribution in [0.1, 0.15) is 49.1 Å². The van der Waals surface area contributed by atoms with Crippen LogP contribution in [0.4, 0.5) is 4.79 Å². The number of nitrogens with one attached hydrogen (secondary N) is 4. The molecule has 4 aromatic rings. The molecule has 1 aromatic heterocycles. The summed E-state index contributed by atoms with van der Waals surface area (Å²) in [5, 5.41) is 9.60. The Morgan fingerprint density at radius 3 is 2.24 bits per heavy atom. The minimum atomic E-state index is -1.42. The van der Waals surface area contributed by atoms with E-state index in [1.54, 1.807) is 0 Å². The van der Waals surface area contributed by atoms with Gasteiger partial charge in [-0.1, -0.05) is 99.1 Å². The van der Waals surface area contributed by atoms with Crippen molar-refractivity contribution >= 4 is 34.7 Å². The maximum atomic E-state index is 14.3. The summed E-state index contributed by atoms with van der Waals surface area (Å²) >= 11 is 0. The number of carbonyl (C=O) groups is 4. The second kappa shape index (κ2) is 14.3. The minimum Gasteiger partial charge on any atom is -0.445 e. The van der Waals surface area contributed by atoms with Crippen LogP contribution in [0.3, 0.4) is 0 Å². The quantitative estimate of drug-likeness (QED) is 0.161. The highest BCUT2D eigenvalue weighted by molar-refractivity contribution is 5.98. The molecule has 4 amide bonds. The molecule has 1 aliphatic rings. The zero-order chi connectivity index (χ0) is 32.7. The van der Waals surface area contributed by atoms with E-state index < -0.39 is 41.4 Å². The van der Waals surface area contributed by atoms with Gasteiger partial charge in [0.25, 0.3) is 0 Å². The predicted molar refractivity (Wildman–Crippen MR) is 175 cm³/mol. The number of aromatic amines is 1. The number of hydrogen-bond acceptors (Lipinski definition) is 5. The van der Waals surface area contributed by atoms with Crippen molar-refractivity contribution in [3.8, 4) is 0 Å². The summed E-state index contributed by atoms with van der Waals surface area (Å²) in [6.07, 6.45) is 0.998. The minimum absolute atomic E-state index is 0.0487. The molecule has 46 heavy (non-hydrogen) atoms. The van der Waals surface area contributed by atoms with Gasteiger partial charge in [-0.3, -0.25) is 14.4 Å². The molecule has 3 aromatic carbocycles. The number of para-hydroxylation sites is 1. The number of alkyl carbamates (subject to hydrolysis) is 1. The lowest BCUT2D eigenvalue weighted by atomic mass is 9.78. The maximum absolute atomic E-state index is 14.3. The smallest absolute Gasteiger partial charge is 0.408 e. The van der Waals surface area contributed by atoms with Crippen molar-refractivity contribution in [2.45, 2.75) is 70.2 Å². The summed E-state index contributed by atoms with van der Waals surface area (Å²) in [6, 6.07) is 24.4. The molecule has 10 nitrogen and oxygen atoms in total. The number of fused-ring (bicyclic) bond motifs is 3. The number of H-pyrrole nitrogens is 1. The van der Waals surface area contributed by atoms with E-state index in [2.05, 4.69) is 20.9 Å². The second-order valence-electron chi connectivity index (χ2n) is 12.1. The molecule has 0 aliphatic heterocycles. The third-order valence-corrected chi connectivity index (χ3v) is 8.89. The van der Waals surface area contributed by atoms with Crippen LogP contribution in [0, 0.1) is 5.92 Å². The van der Waals surface area contributed by atoms with Crippen molar-refractivity contribution in [3.63, 3.8) is 0 Å². The van der Waals surface area contributed by atoms with Crippen LogP contribution >= 0.6 is 0 Å². The van der Waals surface area contributed by atoms with E-state index in [0.717, 1.165) is 33.3 Å². The summed E-state index contributed by atoms with van der Waals surface area (Å²) < 4.78 is 5.42. The Kier molecular flexibility index (Phi) is 10.0. The van der Waals surface area contributed by atoms with E-state index in [-0.39, 0.29) is 31.8 Å². The number of benzene rings is 3. The van der Waals surface area contributed by atoms with E-state index in [4.69, 9.17) is 10.5 Å². The molecular weight excluding hydrogens is 582 g/mol. The molecule has 0 unspecified atom stereocenters. The number of rotatable bonds is 12. The van der Waals surface area contributed by atoms with Gasteiger partial charge in [0.1, 0.15) is 24.2 Å². The number of ether oxygens (including phenoxy) is 1. The van der Waals surface area contributed by atoms with Crippen molar-refractivity contribution in [2.24, 2.45) is 11.7 Å². The molecule has 0 radical (unpaired) electrons. The SMILES string of the molecule is CC[C@H](C)[C@H](NC(=O)OCc1ccccc1)C(=O)N[C@]1(C(=O)N[C@@H](Cc2ccccc2)C(N)=O)CCc2[nH]c3ccccc3c2C1. The van der Waals surface area contributed by atoms with Gasteiger partial charge < -0.3 is 31.4 Å². The summed E-state index contributed by atoms with van der Waals surface area (Å²) in [6.45, 7) is 3.83. The number of aromatic nitrogens is 1. The average molecular weight is 624 g/mol. The van der Waals surface area contributed by atoms with Gasteiger partial charge in [0.2, 0.25) is 17.7 Å².